The van der Waals surface area contributed by atoms with E-state index in [-0.39, 0.29) is 19.1 Å². The molecule has 1 rings (SSSR count). The maximum absolute atomic E-state index is 12.4. The van der Waals surface area contributed by atoms with Crippen LogP contribution in [0.25, 0.3) is 0 Å². The van der Waals surface area contributed by atoms with Gasteiger partial charge in [0, 0.05) is 0 Å². The van der Waals surface area contributed by atoms with E-state index in [2.05, 4.69) is 13.8 Å². The van der Waals surface area contributed by atoms with E-state index in [0.717, 1.165) is 19.3 Å². The van der Waals surface area contributed by atoms with Crippen molar-refractivity contribution in [1.82, 2.24) is 0 Å². The van der Waals surface area contributed by atoms with E-state index < -0.39 is 17.4 Å². The summed E-state index contributed by atoms with van der Waals surface area (Å²) in [5, 5.41) is 0. The topological polar surface area (TPSA) is 52.6 Å². The first kappa shape index (κ1) is 17.0. The lowest BCUT2D eigenvalue weighted by molar-refractivity contribution is -0.177. The van der Waals surface area contributed by atoms with Crippen LogP contribution in [-0.4, -0.2) is 25.2 Å². The molecule has 0 aromatic heterocycles. The third-order valence-electron chi connectivity index (χ3n) is 4.39. The third-order valence-corrected chi connectivity index (χ3v) is 4.39. The van der Waals surface area contributed by atoms with Crippen molar-refractivity contribution in [2.24, 2.45) is 23.2 Å². The van der Waals surface area contributed by atoms with Crippen molar-refractivity contribution in [3.05, 3.63) is 0 Å². The molecular weight excluding hydrogens is 256 g/mol. The highest BCUT2D eigenvalue weighted by molar-refractivity contribution is 6.00. The number of ether oxygens (including phenoxy) is 2. The highest BCUT2D eigenvalue weighted by Gasteiger charge is 2.52. The van der Waals surface area contributed by atoms with Crippen molar-refractivity contribution in [2.75, 3.05) is 13.2 Å². The number of hydrogen-bond acceptors (Lipinski definition) is 4. The summed E-state index contributed by atoms with van der Waals surface area (Å²) in [6, 6.07) is 0. The lowest BCUT2D eigenvalue weighted by Gasteiger charge is -2.40. The summed E-state index contributed by atoms with van der Waals surface area (Å²) in [4.78, 5) is 24.7. The summed E-state index contributed by atoms with van der Waals surface area (Å²) >= 11 is 0. The van der Waals surface area contributed by atoms with Gasteiger partial charge in [-0.3, -0.25) is 9.59 Å². The number of rotatable bonds is 5. The largest absolute Gasteiger partial charge is 0.465 e. The summed E-state index contributed by atoms with van der Waals surface area (Å²) in [6.45, 7) is 10.1. The zero-order valence-electron chi connectivity index (χ0n) is 13.4. The Morgan fingerprint density at radius 3 is 1.70 bits per heavy atom. The summed E-state index contributed by atoms with van der Waals surface area (Å²) in [5.74, 6) is 0.160. The smallest absolute Gasteiger partial charge is 0.323 e. The fraction of sp³-hybridized carbons (Fsp3) is 0.875. The Kier molecular flexibility index (Phi) is 6.03. The molecule has 0 saturated heterocycles. The Bertz CT molecular complexity index is 322. The summed E-state index contributed by atoms with van der Waals surface area (Å²) in [7, 11) is 0. The fourth-order valence-corrected chi connectivity index (χ4v) is 3.40. The Morgan fingerprint density at radius 1 is 0.950 bits per heavy atom. The minimum atomic E-state index is -1.17. The van der Waals surface area contributed by atoms with Crippen LogP contribution in [0, 0.1) is 23.2 Å². The number of carbonyl (C=O) groups is 2. The van der Waals surface area contributed by atoms with Gasteiger partial charge in [-0.2, -0.15) is 0 Å². The monoisotopic (exact) mass is 284 g/mol. The lowest BCUT2D eigenvalue weighted by Crippen LogP contribution is -2.47. The number of esters is 2. The molecule has 1 aliphatic carbocycles. The van der Waals surface area contributed by atoms with Crippen LogP contribution >= 0.6 is 0 Å². The molecule has 1 saturated carbocycles. The zero-order chi connectivity index (χ0) is 15.3. The SMILES string of the molecule is CCOC(=O)C(C)(C(=O)OCC)C1CC(C)CC(C)C1. The molecule has 0 aromatic rings. The minimum Gasteiger partial charge on any atom is -0.465 e. The van der Waals surface area contributed by atoms with E-state index in [4.69, 9.17) is 9.47 Å². The van der Waals surface area contributed by atoms with Crippen molar-refractivity contribution in [2.45, 2.75) is 53.9 Å². The van der Waals surface area contributed by atoms with Gasteiger partial charge in [0.2, 0.25) is 0 Å². The summed E-state index contributed by atoms with van der Waals surface area (Å²) < 4.78 is 10.3. The molecule has 0 aliphatic heterocycles. The number of hydrogen-bond donors (Lipinski definition) is 0. The van der Waals surface area contributed by atoms with Gasteiger partial charge in [0.1, 0.15) is 0 Å². The van der Waals surface area contributed by atoms with Crippen LogP contribution in [0.4, 0.5) is 0 Å². The average Bonchev–Trinajstić information content (AvgIpc) is 2.37. The van der Waals surface area contributed by atoms with E-state index >= 15 is 0 Å². The molecule has 1 fully saturated rings. The maximum atomic E-state index is 12.4. The molecule has 0 aromatic carbocycles. The van der Waals surface area contributed by atoms with E-state index in [0.29, 0.717) is 11.8 Å². The molecule has 2 atom stereocenters. The van der Waals surface area contributed by atoms with E-state index in [1.807, 2.05) is 0 Å². The van der Waals surface area contributed by atoms with Crippen LogP contribution in [0.1, 0.15) is 53.9 Å². The summed E-state index contributed by atoms with van der Waals surface area (Å²) in [6.07, 6.45) is 2.90. The molecule has 116 valence electrons. The fourth-order valence-electron chi connectivity index (χ4n) is 3.40. The maximum Gasteiger partial charge on any atom is 0.323 e. The van der Waals surface area contributed by atoms with Crippen LogP contribution in [0.3, 0.4) is 0 Å². The van der Waals surface area contributed by atoms with Gasteiger partial charge in [-0.1, -0.05) is 13.8 Å². The highest BCUT2D eigenvalue weighted by Crippen LogP contribution is 2.44. The van der Waals surface area contributed by atoms with Crippen molar-refractivity contribution in [1.29, 1.82) is 0 Å². The third kappa shape index (κ3) is 3.53. The van der Waals surface area contributed by atoms with Gasteiger partial charge in [0.05, 0.1) is 13.2 Å². The Hall–Kier alpha value is -1.06. The van der Waals surface area contributed by atoms with Crippen LogP contribution in [-0.2, 0) is 19.1 Å². The zero-order valence-corrected chi connectivity index (χ0v) is 13.4. The highest BCUT2D eigenvalue weighted by atomic mass is 16.6. The lowest BCUT2D eigenvalue weighted by atomic mass is 9.64. The second-order valence-electron chi connectivity index (χ2n) is 6.26. The first-order valence-electron chi connectivity index (χ1n) is 7.70. The summed E-state index contributed by atoms with van der Waals surface area (Å²) in [5.41, 5.74) is -1.17. The Morgan fingerprint density at radius 2 is 1.35 bits per heavy atom. The second kappa shape index (κ2) is 7.09. The molecule has 0 radical (unpaired) electrons. The van der Waals surface area contributed by atoms with Crippen molar-refractivity contribution in [3.63, 3.8) is 0 Å². The molecule has 1 aliphatic rings. The average molecular weight is 284 g/mol. The van der Waals surface area contributed by atoms with Gasteiger partial charge in [0.25, 0.3) is 0 Å². The molecule has 2 unspecified atom stereocenters. The van der Waals surface area contributed by atoms with E-state index in [1.165, 1.54) is 0 Å². The molecule has 0 bridgehead atoms. The quantitative estimate of drug-likeness (QED) is 0.574. The van der Waals surface area contributed by atoms with Gasteiger partial charge in [-0.25, -0.2) is 0 Å². The van der Waals surface area contributed by atoms with Crippen molar-refractivity contribution >= 4 is 11.9 Å². The molecular formula is C16H28O4. The van der Waals surface area contributed by atoms with Crippen LogP contribution in [0.2, 0.25) is 0 Å². The Labute approximate surface area is 122 Å². The second-order valence-corrected chi connectivity index (χ2v) is 6.26. The van der Waals surface area contributed by atoms with Crippen LogP contribution in [0.15, 0.2) is 0 Å². The van der Waals surface area contributed by atoms with Crippen molar-refractivity contribution < 1.29 is 19.1 Å². The molecule has 0 N–H and O–H groups in total. The van der Waals surface area contributed by atoms with Gasteiger partial charge in [-0.15, -0.1) is 0 Å². The molecule has 4 nitrogen and oxygen atoms in total. The van der Waals surface area contributed by atoms with E-state index in [1.54, 1.807) is 20.8 Å². The predicted octanol–water partition coefficient (Wildman–Crippen LogP) is 3.19. The molecule has 20 heavy (non-hydrogen) atoms. The molecule has 0 spiro atoms. The van der Waals surface area contributed by atoms with Crippen LogP contribution in [0.5, 0.6) is 0 Å². The molecule has 0 heterocycles. The minimum absolute atomic E-state index is 0.000602. The Balaban J connectivity index is 3.02. The number of carbonyl (C=O) groups excluding carboxylic acids is 2. The van der Waals surface area contributed by atoms with Gasteiger partial charge in [-0.05, 0) is 57.8 Å². The van der Waals surface area contributed by atoms with Crippen LogP contribution < -0.4 is 0 Å². The first-order valence-corrected chi connectivity index (χ1v) is 7.70. The standard InChI is InChI=1S/C16H28O4/c1-6-19-14(17)16(5,15(18)20-7-2)13-9-11(3)8-12(4)10-13/h11-13H,6-10H2,1-5H3. The van der Waals surface area contributed by atoms with E-state index in [9.17, 15) is 9.59 Å². The van der Waals surface area contributed by atoms with Gasteiger partial charge < -0.3 is 9.47 Å². The predicted molar refractivity (Wildman–Crippen MR) is 77.0 cm³/mol. The van der Waals surface area contributed by atoms with Gasteiger partial charge >= 0.3 is 11.9 Å². The molecule has 4 heteroatoms. The normalized spacial score (nSPS) is 26.9. The van der Waals surface area contributed by atoms with Gasteiger partial charge in [0.15, 0.2) is 5.41 Å². The van der Waals surface area contributed by atoms with Crippen molar-refractivity contribution in [3.8, 4) is 0 Å². The first-order chi connectivity index (χ1) is 9.36. The molecule has 0 amide bonds.